The van der Waals surface area contributed by atoms with Gasteiger partial charge >= 0.3 is 0 Å². The van der Waals surface area contributed by atoms with Crippen molar-refractivity contribution in [3.8, 4) is 0 Å². The first-order valence-electron chi connectivity index (χ1n) is 5.68. The normalized spacial score (nSPS) is 29.9. The van der Waals surface area contributed by atoms with Gasteiger partial charge in [-0.2, -0.15) is 0 Å². The van der Waals surface area contributed by atoms with Crippen LogP contribution in [0.3, 0.4) is 0 Å². The van der Waals surface area contributed by atoms with Crippen LogP contribution in [-0.2, 0) is 9.53 Å². The van der Waals surface area contributed by atoms with E-state index in [1.807, 2.05) is 20.8 Å². The molecule has 1 fully saturated rings. The number of rotatable bonds is 4. The summed E-state index contributed by atoms with van der Waals surface area (Å²) in [4.78, 5) is 11.8. The Kier molecular flexibility index (Phi) is 4.54. The Hall–Kier alpha value is -0.610. The fourth-order valence-electron chi connectivity index (χ4n) is 1.68. The summed E-state index contributed by atoms with van der Waals surface area (Å²) in [5.41, 5.74) is 5.55. The second-order valence-electron chi connectivity index (χ2n) is 4.57. The summed E-state index contributed by atoms with van der Waals surface area (Å²) in [6.45, 7) is 7.34. The van der Waals surface area contributed by atoms with E-state index in [1.54, 1.807) is 0 Å². The molecule has 0 spiro atoms. The highest BCUT2D eigenvalue weighted by Gasteiger charge is 2.31. The van der Waals surface area contributed by atoms with Crippen LogP contribution in [-0.4, -0.2) is 31.2 Å². The maximum Gasteiger partial charge on any atom is 0.249 e. The molecular formula is C11H22N2O2. The zero-order chi connectivity index (χ0) is 11.4. The fraction of sp³-hybridized carbons (Fsp3) is 0.909. The predicted octanol–water partition coefficient (Wildman–Crippen LogP) is 0.511. The minimum absolute atomic E-state index is 0.00722. The number of carbonyl (C=O) groups excluding carboxylic acids is 1. The van der Waals surface area contributed by atoms with Gasteiger partial charge in [-0.15, -0.1) is 0 Å². The third-order valence-corrected chi connectivity index (χ3v) is 3.24. The summed E-state index contributed by atoms with van der Waals surface area (Å²) in [6.07, 6.45) is 0.705. The van der Waals surface area contributed by atoms with Crippen LogP contribution in [0, 0.1) is 11.8 Å². The Labute approximate surface area is 91.5 Å². The molecule has 15 heavy (non-hydrogen) atoms. The van der Waals surface area contributed by atoms with E-state index in [-0.39, 0.29) is 18.1 Å². The van der Waals surface area contributed by atoms with Crippen molar-refractivity contribution in [2.75, 3.05) is 13.2 Å². The molecule has 88 valence electrons. The second-order valence-corrected chi connectivity index (χ2v) is 4.57. The largest absolute Gasteiger partial charge is 0.368 e. The number of ether oxygens (including phenoxy) is 1. The maximum atomic E-state index is 11.8. The van der Waals surface area contributed by atoms with E-state index in [0.717, 1.165) is 6.42 Å². The van der Waals surface area contributed by atoms with E-state index in [1.165, 1.54) is 0 Å². The summed E-state index contributed by atoms with van der Waals surface area (Å²) >= 11 is 0. The van der Waals surface area contributed by atoms with Crippen molar-refractivity contribution >= 4 is 5.91 Å². The van der Waals surface area contributed by atoms with Gasteiger partial charge in [0.05, 0.1) is 0 Å². The molecule has 4 unspecified atom stereocenters. The molecule has 3 N–H and O–H groups in total. The molecule has 1 heterocycles. The first-order chi connectivity index (χ1) is 7.06. The highest BCUT2D eigenvalue weighted by atomic mass is 16.5. The third-order valence-electron chi connectivity index (χ3n) is 3.24. The molecule has 1 amide bonds. The van der Waals surface area contributed by atoms with Crippen molar-refractivity contribution in [1.29, 1.82) is 0 Å². The van der Waals surface area contributed by atoms with Gasteiger partial charge in [-0.3, -0.25) is 4.79 Å². The van der Waals surface area contributed by atoms with Crippen LogP contribution in [0.15, 0.2) is 0 Å². The van der Waals surface area contributed by atoms with Crippen LogP contribution < -0.4 is 11.1 Å². The van der Waals surface area contributed by atoms with Crippen molar-refractivity contribution in [3.63, 3.8) is 0 Å². The molecule has 0 radical (unpaired) electrons. The van der Waals surface area contributed by atoms with E-state index in [2.05, 4.69) is 5.32 Å². The van der Waals surface area contributed by atoms with Crippen molar-refractivity contribution < 1.29 is 9.53 Å². The van der Waals surface area contributed by atoms with Gasteiger partial charge in [0.1, 0.15) is 6.10 Å². The number of hydrogen-bond acceptors (Lipinski definition) is 3. The van der Waals surface area contributed by atoms with Crippen LogP contribution >= 0.6 is 0 Å². The second kappa shape index (κ2) is 5.47. The Morgan fingerprint density at radius 3 is 2.73 bits per heavy atom. The lowest BCUT2D eigenvalue weighted by atomic mass is 10.0. The van der Waals surface area contributed by atoms with Gasteiger partial charge in [-0.05, 0) is 31.7 Å². The zero-order valence-electron chi connectivity index (χ0n) is 9.82. The van der Waals surface area contributed by atoms with Gasteiger partial charge in [0.15, 0.2) is 0 Å². The van der Waals surface area contributed by atoms with Crippen LogP contribution in [0.4, 0.5) is 0 Å². The first-order valence-corrected chi connectivity index (χ1v) is 5.68. The molecule has 0 saturated carbocycles. The molecular weight excluding hydrogens is 192 g/mol. The van der Waals surface area contributed by atoms with Crippen molar-refractivity contribution in [3.05, 3.63) is 0 Å². The average molecular weight is 214 g/mol. The lowest BCUT2D eigenvalue weighted by molar-refractivity contribution is -0.132. The minimum Gasteiger partial charge on any atom is -0.368 e. The Bertz CT molecular complexity index is 221. The standard InChI is InChI=1S/C11H22N2O2/c1-7-4-5-15-10(7)11(14)13-9(3)8(2)6-12/h7-10H,4-6,12H2,1-3H3,(H,13,14). The average Bonchev–Trinajstić information content (AvgIpc) is 2.63. The number of nitrogens with one attached hydrogen (secondary N) is 1. The lowest BCUT2D eigenvalue weighted by Gasteiger charge is -2.22. The van der Waals surface area contributed by atoms with Crippen molar-refractivity contribution in [1.82, 2.24) is 5.32 Å². The van der Waals surface area contributed by atoms with E-state index >= 15 is 0 Å². The summed E-state index contributed by atoms with van der Waals surface area (Å²) in [5, 5.41) is 2.96. The van der Waals surface area contributed by atoms with Crippen LogP contribution in [0.1, 0.15) is 27.2 Å². The van der Waals surface area contributed by atoms with E-state index in [0.29, 0.717) is 25.0 Å². The highest BCUT2D eigenvalue weighted by molar-refractivity contribution is 5.81. The van der Waals surface area contributed by atoms with E-state index in [9.17, 15) is 4.79 Å². The molecule has 4 heteroatoms. The van der Waals surface area contributed by atoms with Gasteiger partial charge < -0.3 is 15.8 Å². The van der Waals surface area contributed by atoms with Gasteiger partial charge in [-0.1, -0.05) is 13.8 Å². The van der Waals surface area contributed by atoms with Crippen LogP contribution in [0.5, 0.6) is 0 Å². The monoisotopic (exact) mass is 214 g/mol. The summed E-state index contributed by atoms with van der Waals surface area (Å²) < 4.78 is 5.40. The smallest absolute Gasteiger partial charge is 0.249 e. The molecule has 0 aliphatic carbocycles. The molecule has 0 bridgehead atoms. The lowest BCUT2D eigenvalue weighted by Crippen LogP contribution is -2.45. The molecule has 0 aromatic heterocycles. The molecule has 4 nitrogen and oxygen atoms in total. The quantitative estimate of drug-likeness (QED) is 0.716. The molecule has 1 aliphatic rings. The summed E-state index contributed by atoms with van der Waals surface area (Å²) in [7, 11) is 0. The molecule has 4 atom stereocenters. The number of hydrogen-bond donors (Lipinski definition) is 2. The maximum absolute atomic E-state index is 11.8. The highest BCUT2D eigenvalue weighted by Crippen LogP contribution is 2.20. The Balaban J connectivity index is 2.41. The summed E-state index contributed by atoms with van der Waals surface area (Å²) in [5.74, 6) is 0.629. The van der Waals surface area contributed by atoms with E-state index in [4.69, 9.17) is 10.5 Å². The molecule has 0 aromatic carbocycles. The van der Waals surface area contributed by atoms with Gasteiger partial charge in [0.25, 0.3) is 0 Å². The van der Waals surface area contributed by atoms with Gasteiger partial charge in [-0.25, -0.2) is 0 Å². The van der Waals surface area contributed by atoms with Gasteiger partial charge in [0, 0.05) is 12.6 Å². The van der Waals surface area contributed by atoms with Crippen molar-refractivity contribution in [2.45, 2.75) is 39.3 Å². The van der Waals surface area contributed by atoms with Crippen molar-refractivity contribution in [2.24, 2.45) is 17.6 Å². The third kappa shape index (κ3) is 3.18. The zero-order valence-corrected chi connectivity index (χ0v) is 9.82. The van der Waals surface area contributed by atoms with Crippen LogP contribution in [0.2, 0.25) is 0 Å². The SMILES string of the molecule is CC(CN)C(C)NC(=O)C1OCCC1C. The van der Waals surface area contributed by atoms with Crippen LogP contribution in [0.25, 0.3) is 0 Å². The first kappa shape index (κ1) is 12.5. The predicted molar refractivity (Wildman–Crippen MR) is 59.3 cm³/mol. The topological polar surface area (TPSA) is 64.3 Å². The number of nitrogens with two attached hydrogens (primary N) is 1. The van der Waals surface area contributed by atoms with E-state index < -0.39 is 0 Å². The Morgan fingerprint density at radius 2 is 2.27 bits per heavy atom. The molecule has 1 rings (SSSR count). The number of carbonyl (C=O) groups is 1. The van der Waals surface area contributed by atoms with Gasteiger partial charge in [0.2, 0.25) is 5.91 Å². The fourth-order valence-corrected chi connectivity index (χ4v) is 1.68. The minimum atomic E-state index is -0.266. The summed E-state index contributed by atoms with van der Waals surface area (Å²) in [6, 6.07) is 0.110. The number of amides is 1. The molecule has 1 aliphatic heterocycles. The Morgan fingerprint density at radius 1 is 1.60 bits per heavy atom. The molecule has 0 aromatic rings. The molecule has 1 saturated heterocycles.